The maximum absolute atomic E-state index is 12.4. The number of ether oxygens (including phenoxy) is 3. The Morgan fingerprint density at radius 1 is 0.974 bits per heavy atom. The Kier molecular flexibility index (Phi) is 7.63. The number of hydrogen-bond acceptors (Lipinski definition) is 6. The van der Waals surface area contributed by atoms with Crippen LogP contribution in [0.25, 0.3) is 6.08 Å². The molecule has 0 fully saturated rings. The van der Waals surface area contributed by atoms with Crippen molar-refractivity contribution >= 4 is 23.6 Å². The lowest BCUT2D eigenvalue weighted by Crippen LogP contribution is -2.21. The molecule has 0 spiro atoms. The predicted molar refractivity (Wildman–Crippen MR) is 149 cm³/mol. The molecule has 1 heterocycles. The monoisotopic (exact) mass is 534 g/mol. The normalized spacial score (nSPS) is 14.3. The quantitative estimate of drug-likeness (QED) is 0.160. The molecule has 7 heteroatoms. The van der Waals surface area contributed by atoms with E-state index in [4.69, 9.17) is 31.5 Å². The fourth-order valence-corrected chi connectivity index (χ4v) is 4.47. The highest BCUT2D eigenvalue weighted by atomic mass is 35.5. The second-order valence-corrected chi connectivity index (χ2v) is 9.15. The minimum atomic E-state index is -0.532. The van der Waals surface area contributed by atoms with Crippen LogP contribution in [-0.2, 0) is 11.4 Å². The van der Waals surface area contributed by atoms with Crippen molar-refractivity contribution in [3.8, 4) is 23.3 Å². The lowest BCUT2D eigenvalue weighted by atomic mass is 9.83. The first-order valence-corrected chi connectivity index (χ1v) is 12.5. The highest BCUT2D eigenvalue weighted by molar-refractivity contribution is 6.31. The van der Waals surface area contributed by atoms with E-state index in [9.17, 15) is 10.1 Å². The molecule has 0 amide bonds. The Labute approximate surface area is 231 Å². The summed E-state index contributed by atoms with van der Waals surface area (Å²) in [4.78, 5) is 12.4. The summed E-state index contributed by atoms with van der Waals surface area (Å²) in [6, 6.07) is 31.6. The largest absolute Gasteiger partial charge is 0.489 e. The highest BCUT2D eigenvalue weighted by Gasteiger charge is 2.31. The van der Waals surface area contributed by atoms with Gasteiger partial charge in [-0.2, -0.15) is 5.26 Å². The van der Waals surface area contributed by atoms with E-state index < -0.39 is 11.9 Å². The van der Waals surface area contributed by atoms with Crippen LogP contribution in [0.3, 0.4) is 0 Å². The van der Waals surface area contributed by atoms with E-state index in [1.54, 1.807) is 24.3 Å². The van der Waals surface area contributed by atoms with Gasteiger partial charge >= 0.3 is 5.97 Å². The summed E-state index contributed by atoms with van der Waals surface area (Å²) in [6.07, 6.45) is 3.03. The second kappa shape index (κ2) is 11.6. The molecule has 4 aromatic rings. The van der Waals surface area contributed by atoms with Crippen LogP contribution in [0.2, 0.25) is 5.02 Å². The zero-order valence-electron chi connectivity index (χ0n) is 20.7. The van der Waals surface area contributed by atoms with Crippen molar-refractivity contribution in [3.05, 3.63) is 142 Å². The van der Waals surface area contributed by atoms with Crippen LogP contribution >= 0.6 is 11.6 Å². The van der Waals surface area contributed by atoms with Gasteiger partial charge in [-0.05, 0) is 41.5 Å². The molecular weight excluding hydrogens is 512 g/mol. The van der Waals surface area contributed by atoms with Crippen LogP contribution in [0.4, 0.5) is 0 Å². The number of esters is 1. The molecule has 5 rings (SSSR count). The van der Waals surface area contributed by atoms with Gasteiger partial charge in [-0.1, -0.05) is 78.3 Å². The lowest BCUT2D eigenvalue weighted by Gasteiger charge is -2.27. The van der Waals surface area contributed by atoms with Gasteiger partial charge in [0.25, 0.3) is 0 Å². The van der Waals surface area contributed by atoms with E-state index in [0.717, 1.165) is 16.7 Å². The number of carbonyl (C=O) groups is 1. The summed E-state index contributed by atoms with van der Waals surface area (Å²) >= 11 is 6.26. The van der Waals surface area contributed by atoms with Gasteiger partial charge in [0.1, 0.15) is 35.5 Å². The maximum atomic E-state index is 12.4. The molecule has 1 atom stereocenters. The van der Waals surface area contributed by atoms with Crippen molar-refractivity contribution in [2.45, 2.75) is 12.5 Å². The Balaban J connectivity index is 1.38. The molecule has 0 saturated carbocycles. The van der Waals surface area contributed by atoms with Crippen LogP contribution in [-0.4, -0.2) is 5.97 Å². The molecule has 1 unspecified atom stereocenters. The van der Waals surface area contributed by atoms with Crippen LogP contribution in [0.1, 0.15) is 28.2 Å². The third kappa shape index (κ3) is 5.96. The van der Waals surface area contributed by atoms with Gasteiger partial charge < -0.3 is 19.9 Å². The van der Waals surface area contributed by atoms with E-state index in [0.29, 0.717) is 34.4 Å². The van der Waals surface area contributed by atoms with Gasteiger partial charge in [0, 0.05) is 28.3 Å². The van der Waals surface area contributed by atoms with Gasteiger partial charge in [-0.15, -0.1) is 0 Å². The minimum absolute atomic E-state index is 0.00941. The van der Waals surface area contributed by atoms with Crippen LogP contribution in [0.5, 0.6) is 17.2 Å². The van der Waals surface area contributed by atoms with Gasteiger partial charge in [0.05, 0.1) is 5.92 Å². The zero-order chi connectivity index (χ0) is 27.2. The highest BCUT2D eigenvalue weighted by Crippen LogP contribution is 2.44. The van der Waals surface area contributed by atoms with Crippen molar-refractivity contribution < 1.29 is 19.0 Å². The molecule has 1 aliphatic rings. The molecule has 192 valence electrons. The number of carbonyl (C=O) groups excluding carboxylic acids is 1. The number of nitrogens with two attached hydrogens (primary N) is 1. The molecule has 39 heavy (non-hydrogen) atoms. The lowest BCUT2D eigenvalue weighted by molar-refractivity contribution is -0.128. The molecule has 0 saturated heterocycles. The number of fused-ring (bicyclic) bond motifs is 1. The topological polar surface area (TPSA) is 94.6 Å². The van der Waals surface area contributed by atoms with Crippen LogP contribution < -0.4 is 19.9 Å². The predicted octanol–water partition coefficient (Wildman–Crippen LogP) is 6.76. The number of rotatable bonds is 7. The number of hydrogen-bond donors (Lipinski definition) is 1. The average Bonchev–Trinajstić information content (AvgIpc) is 2.95. The number of nitriles is 1. The van der Waals surface area contributed by atoms with E-state index in [1.165, 1.54) is 6.08 Å². The summed E-state index contributed by atoms with van der Waals surface area (Å²) in [7, 11) is 0. The Morgan fingerprint density at radius 3 is 2.56 bits per heavy atom. The molecule has 1 aliphatic heterocycles. The van der Waals surface area contributed by atoms with E-state index >= 15 is 0 Å². The summed E-state index contributed by atoms with van der Waals surface area (Å²) < 4.78 is 17.2. The Hall–Kier alpha value is -4.99. The molecular formula is C32H23ClN2O4. The first kappa shape index (κ1) is 25.7. The first-order chi connectivity index (χ1) is 19.0. The fraction of sp³-hybridized carbons (Fsp3) is 0.0625. The molecule has 6 nitrogen and oxygen atoms in total. The number of benzene rings is 4. The van der Waals surface area contributed by atoms with E-state index in [1.807, 2.05) is 78.9 Å². The Bertz CT molecular complexity index is 1620. The molecule has 0 aromatic heterocycles. The first-order valence-electron chi connectivity index (χ1n) is 12.1. The van der Waals surface area contributed by atoms with Crippen LogP contribution in [0.15, 0.2) is 115 Å². The summed E-state index contributed by atoms with van der Waals surface area (Å²) in [6.45, 7) is 0.296. The van der Waals surface area contributed by atoms with Crippen molar-refractivity contribution in [3.63, 3.8) is 0 Å². The summed E-state index contributed by atoms with van der Waals surface area (Å²) in [5.41, 5.74) is 9.69. The van der Waals surface area contributed by atoms with E-state index in [2.05, 4.69) is 6.07 Å². The third-order valence-electron chi connectivity index (χ3n) is 6.16. The average molecular weight is 535 g/mol. The minimum Gasteiger partial charge on any atom is -0.489 e. The van der Waals surface area contributed by atoms with E-state index in [-0.39, 0.29) is 11.5 Å². The summed E-state index contributed by atoms with van der Waals surface area (Å²) in [5.74, 6) is 0.273. The van der Waals surface area contributed by atoms with Crippen molar-refractivity contribution in [2.24, 2.45) is 5.73 Å². The number of allylic oxidation sites excluding steroid dienone is 1. The maximum Gasteiger partial charge on any atom is 0.336 e. The van der Waals surface area contributed by atoms with Gasteiger partial charge in [0.2, 0.25) is 5.88 Å². The van der Waals surface area contributed by atoms with Crippen molar-refractivity contribution in [1.29, 1.82) is 5.26 Å². The fourth-order valence-electron chi connectivity index (χ4n) is 4.28. The van der Waals surface area contributed by atoms with Gasteiger partial charge in [-0.3, -0.25) is 0 Å². The second-order valence-electron chi connectivity index (χ2n) is 8.74. The van der Waals surface area contributed by atoms with Crippen LogP contribution in [0, 0.1) is 11.3 Å². The zero-order valence-corrected chi connectivity index (χ0v) is 21.5. The number of halogens is 1. The Morgan fingerprint density at radius 2 is 1.77 bits per heavy atom. The third-order valence-corrected chi connectivity index (χ3v) is 6.53. The molecule has 4 aromatic carbocycles. The molecule has 0 bridgehead atoms. The summed E-state index contributed by atoms with van der Waals surface area (Å²) in [5, 5.41) is 10.5. The van der Waals surface area contributed by atoms with Gasteiger partial charge in [0.15, 0.2) is 0 Å². The standard InChI is InChI=1S/C32H23ClN2O4/c33-28-12-5-4-9-23(28)20-37-24-11-6-10-22(17-24)31-26-15-14-25(18-29(26)39-32(35)27(31)19-34)38-30(36)16-13-21-7-2-1-3-8-21/h1-18,31H,20,35H2/b16-13+. The molecule has 0 aliphatic carbocycles. The van der Waals surface area contributed by atoms with Crippen molar-refractivity contribution in [2.75, 3.05) is 0 Å². The van der Waals surface area contributed by atoms with Gasteiger partial charge in [-0.25, -0.2) is 4.79 Å². The smallest absolute Gasteiger partial charge is 0.336 e. The molecule has 0 radical (unpaired) electrons. The SMILES string of the molecule is N#CC1=C(N)Oc2cc(OC(=O)/C=C/c3ccccc3)ccc2C1c1cccc(OCc2ccccc2Cl)c1. The van der Waals surface area contributed by atoms with Crippen molar-refractivity contribution in [1.82, 2.24) is 0 Å². The number of nitrogens with zero attached hydrogens (tertiary/aromatic N) is 1. The molecule has 2 N–H and O–H groups in total.